The molecule has 4 nitrogen and oxygen atoms in total. The Balaban J connectivity index is 2.05. The SMILES string of the molecule is Cc1noc(C)c1CNc1ccc(C(C)(C)C)cn1. The summed E-state index contributed by atoms with van der Waals surface area (Å²) in [6.07, 6.45) is 1.93. The highest BCUT2D eigenvalue weighted by atomic mass is 16.5. The van der Waals surface area contributed by atoms with Crippen molar-refractivity contribution in [2.45, 2.75) is 46.6 Å². The fourth-order valence-corrected chi connectivity index (χ4v) is 1.88. The first-order valence-corrected chi connectivity index (χ1v) is 6.50. The fraction of sp³-hybridized carbons (Fsp3) is 0.467. The van der Waals surface area contributed by atoms with Crippen molar-refractivity contribution >= 4 is 5.82 Å². The minimum Gasteiger partial charge on any atom is -0.366 e. The van der Waals surface area contributed by atoms with E-state index in [-0.39, 0.29) is 5.41 Å². The zero-order valence-electron chi connectivity index (χ0n) is 12.2. The molecule has 2 heterocycles. The number of hydrogen-bond acceptors (Lipinski definition) is 4. The van der Waals surface area contributed by atoms with E-state index in [9.17, 15) is 0 Å². The van der Waals surface area contributed by atoms with E-state index in [1.54, 1.807) is 0 Å². The minimum absolute atomic E-state index is 0.132. The molecular formula is C15H21N3O. The Labute approximate surface area is 114 Å². The normalized spacial score (nSPS) is 11.6. The smallest absolute Gasteiger partial charge is 0.138 e. The van der Waals surface area contributed by atoms with Gasteiger partial charge in [-0.15, -0.1) is 0 Å². The van der Waals surface area contributed by atoms with Crippen molar-refractivity contribution in [3.63, 3.8) is 0 Å². The Morgan fingerprint density at radius 3 is 2.42 bits per heavy atom. The molecule has 0 aliphatic rings. The fourth-order valence-electron chi connectivity index (χ4n) is 1.88. The number of aryl methyl sites for hydroxylation is 2. The molecule has 0 aromatic carbocycles. The second-order valence-corrected chi connectivity index (χ2v) is 5.84. The first-order chi connectivity index (χ1) is 8.88. The molecular weight excluding hydrogens is 238 g/mol. The second kappa shape index (κ2) is 5.03. The van der Waals surface area contributed by atoms with Gasteiger partial charge in [0.15, 0.2) is 0 Å². The standard InChI is InChI=1S/C15H21N3O/c1-10-13(11(2)19-18-10)9-17-14-7-6-12(8-16-14)15(3,4)5/h6-8H,9H2,1-5H3,(H,16,17). The minimum atomic E-state index is 0.132. The molecule has 0 aliphatic heterocycles. The maximum absolute atomic E-state index is 5.14. The molecule has 1 N–H and O–H groups in total. The van der Waals surface area contributed by atoms with Crippen LogP contribution < -0.4 is 5.32 Å². The molecule has 102 valence electrons. The average Bonchev–Trinajstić information content (AvgIpc) is 2.66. The number of pyridine rings is 1. The van der Waals surface area contributed by atoms with E-state index in [0.717, 1.165) is 22.8 Å². The largest absolute Gasteiger partial charge is 0.366 e. The Kier molecular flexibility index (Phi) is 3.60. The third-order valence-corrected chi connectivity index (χ3v) is 3.26. The van der Waals surface area contributed by atoms with Crippen LogP contribution in [0.25, 0.3) is 0 Å². The lowest BCUT2D eigenvalue weighted by atomic mass is 9.88. The van der Waals surface area contributed by atoms with Crippen LogP contribution in [0.2, 0.25) is 0 Å². The predicted octanol–water partition coefficient (Wildman–Crippen LogP) is 3.60. The zero-order chi connectivity index (χ0) is 14.0. The molecule has 0 spiro atoms. The summed E-state index contributed by atoms with van der Waals surface area (Å²) in [6.45, 7) is 11.1. The Morgan fingerprint density at radius 2 is 1.95 bits per heavy atom. The number of anilines is 1. The molecule has 2 rings (SSSR count). The van der Waals surface area contributed by atoms with Gasteiger partial charge in [0.25, 0.3) is 0 Å². The summed E-state index contributed by atoms with van der Waals surface area (Å²) in [4.78, 5) is 4.44. The molecule has 0 saturated heterocycles. The third-order valence-electron chi connectivity index (χ3n) is 3.26. The predicted molar refractivity (Wildman–Crippen MR) is 76.2 cm³/mol. The van der Waals surface area contributed by atoms with Gasteiger partial charge in [-0.25, -0.2) is 4.98 Å². The van der Waals surface area contributed by atoms with Crippen molar-refractivity contribution in [3.05, 3.63) is 40.9 Å². The average molecular weight is 259 g/mol. The highest BCUT2D eigenvalue weighted by Crippen LogP contribution is 2.22. The van der Waals surface area contributed by atoms with E-state index in [1.165, 1.54) is 5.56 Å². The van der Waals surface area contributed by atoms with Crippen LogP contribution in [0.1, 0.15) is 43.4 Å². The first-order valence-electron chi connectivity index (χ1n) is 6.50. The lowest BCUT2D eigenvalue weighted by Gasteiger charge is -2.18. The Morgan fingerprint density at radius 1 is 1.21 bits per heavy atom. The van der Waals surface area contributed by atoms with Crippen molar-refractivity contribution in [1.29, 1.82) is 0 Å². The van der Waals surface area contributed by atoms with Crippen LogP contribution in [0.3, 0.4) is 0 Å². The molecule has 19 heavy (non-hydrogen) atoms. The van der Waals surface area contributed by atoms with Gasteiger partial charge in [-0.1, -0.05) is 32.0 Å². The molecule has 0 saturated carbocycles. The van der Waals surface area contributed by atoms with Gasteiger partial charge in [0.2, 0.25) is 0 Å². The second-order valence-electron chi connectivity index (χ2n) is 5.84. The van der Waals surface area contributed by atoms with Crippen molar-refractivity contribution < 1.29 is 4.52 Å². The van der Waals surface area contributed by atoms with Crippen molar-refractivity contribution in [2.75, 3.05) is 5.32 Å². The maximum atomic E-state index is 5.14. The van der Waals surface area contributed by atoms with Crippen molar-refractivity contribution in [2.24, 2.45) is 0 Å². The summed E-state index contributed by atoms with van der Waals surface area (Å²) in [5.74, 6) is 1.73. The molecule has 0 fully saturated rings. The van der Waals surface area contributed by atoms with Gasteiger partial charge in [0.1, 0.15) is 11.6 Å². The van der Waals surface area contributed by atoms with E-state index in [0.29, 0.717) is 6.54 Å². The number of nitrogens with zero attached hydrogens (tertiary/aromatic N) is 2. The summed E-state index contributed by atoms with van der Waals surface area (Å²) >= 11 is 0. The van der Waals surface area contributed by atoms with Crippen molar-refractivity contribution in [3.8, 4) is 0 Å². The lowest BCUT2D eigenvalue weighted by molar-refractivity contribution is 0.392. The van der Waals surface area contributed by atoms with Crippen LogP contribution in [-0.4, -0.2) is 10.1 Å². The number of aromatic nitrogens is 2. The van der Waals surface area contributed by atoms with Gasteiger partial charge in [0.05, 0.1) is 5.69 Å². The van der Waals surface area contributed by atoms with Gasteiger partial charge in [-0.3, -0.25) is 0 Å². The van der Waals surface area contributed by atoms with E-state index in [2.05, 4.69) is 42.3 Å². The Hall–Kier alpha value is -1.84. The highest BCUT2D eigenvalue weighted by molar-refractivity contribution is 5.38. The molecule has 4 heteroatoms. The number of rotatable bonds is 3. The molecule has 0 unspecified atom stereocenters. The first kappa shape index (κ1) is 13.6. The summed E-state index contributed by atoms with van der Waals surface area (Å²) in [7, 11) is 0. The molecule has 0 atom stereocenters. The third kappa shape index (κ3) is 3.13. The van der Waals surface area contributed by atoms with Crippen LogP contribution in [0, 0.1) is 13.8 Å². The summed E-state index contributed by atoms with van der Waals surface area (Å²) in [5.41, 5.74) is 3.39. The molecule has 2 aromatic rings. The van der Waals surface area contributed by atoms with E-state index >= 15 is 0 Å². The van der Waals surface area contributed by atoms with E-state index < -0.39 is 0 Å². The highest BCUT2D eigenvalue weighted by Gasteiger charge is 2.14. The molecule has 0 amide bonds. The van der Waals surface area contributed by atoms with Gasteiger partial charge >= 0.3 is 0 Å². The summed E-state index contributed by atoms with van der Waals surface area (Å²) < 4.78 is 5.14. The van der Waals surface area contributed by atoms with Crippen molar-refractivity contribution in [1.82, 2.24) is 10.1 Å². The summed E-state index contributed by atoms with van der Waals surface area (Å²) in [5, 5.41) is 7.24. The van der Waals surface area contributed by atoms with Gasteiger partial charge in [0, 0.05) is 18.3 Å². The van der Waals surface area contributed by atoms with Gasteiger partial charge in [-0.2, -0.15) is 0 Å². The van der Waals surface area contributed by atoms with Crippen LogP contribution in [-0.2, 0) is 12.0 Å². The van der Waals surface area contributed by atoms with Gasteiger partial charge in [-0.05, 0) is 30.9 Å². The van der Waals surface area contributed by atoms with E-state index in [1.807, 2.05) is 26.1 Å². The van der Waals surface area contributed by atoms with Crippen LogP contribution in [0.15, 0.2) is 22.9 Å². The summed E-state index contributed by atoms with van der Waals surface area (Å²) in [6, 6.07) is 4.13. The lowest BCUT2D eigenvalue weighted by Crippen LogP contribution is -2.12. The topological polar surface area (TPSA) is 51.0 Å². The van der Waals surface area contributed by atoms with Gasteiger partial charge < -0.3 is 9.84 Å². The molecule has 0 bridgehead atoms. The van der Waals surface area contributed by atoms with Crippen LogP contribution in [0.4, 0.5) is 5.82 Å². The molecule has 0 radical (unpaired) electrons. The quantitative estimate of drug-likeness (QED) is 0.915. The zero-order valence-corrected chi connectivity index (χ0v) is 12.2. The number of hydrogen-bond donors (Lipinski definition) is 1. The van der Waals surface area contributed by atoms with E-state index in [4.69, 9.17) is 4.52 Å². The molecule has 2 aromatic heterocycles. The molecule has 0 aliphatic carbocycles. The van der Waals surface area contributed by atoms with Crippen LogP contribution >= 0.6 is 0 Å². The van der Waals surface area contributed by atoms with Crippen LogP contribution in [0.5, 0.6) is 0 Å². The monoisotopic (exact) mass is 259 g/mol. The Bertz CT molecular complexity index is 530. The number of nitrogens with one attached hydrogen (secondary N) is 1. The maximum Gasteiger partial charge on any atom is 0.138 e.